The van der Waals surface area contributed by atoms with E-state index in [0.717, 1.165) is 30.0 Å². The van der Waals surface area contributed by atoms with Gasteiger partial charge in [0, 0.05) is 4.47 Å². The van der Waals surface area contributed by atoms with Gasteiger partial charge in [0.2, 0.25) is 0 Å². The van der Waals surface area contributed by atoms with Crippen molar-refractivity contribution >= 4 is 69.3 Å². The molecule has 21 heavy (non-hydrogen) atoms. The molecule has 0 fully saturated rings. The van der Waals surface area contributed by atoms with Crippen LogP contribution in [-0.2, 0) is 0 Å². The molecule has 4 rings (SSSR count). The number of halogens is 2. The predicted molar refractivity (Wildman–Crippen MR) is 90.2 cm³/mol. The Morgan fingerprint density at radius 3 is 2.24 bits per heavy atom. The van der Waals surface area contributed by atoms with Gasteiger partial charge in [0.25, 0.3) is 0 Å². The molecule has 0 radical (unpaired) electrons. The molecule has 0 bridgehead atoms. The molecule has 1 N–H and O–H groups in total. The van der Waals surface area contributed by atoms with Crippen molar-refractivity contribution in [2.75, 3.05) is 5.32 Å². The lowest BCUT2D eigenvalue weighted by Gasteiger charge is -1.93. The maximum absolute atomic E-state index is 13.2. The van der Waals surface area contributed by atoms with E-state index in [1.807, 2.05) is 18.2 Å². The first-order valence-electron chi connectivity index (χ1n) is 6.06. The largest absolute Gasteiger partial charge is 0.307 e. The van der Waals surface area contributed by atoms with Gasteiger partial charge in [-0.15, -0.1) is 0 Å². The summed E-state index contributed by atoms with van der Waals surface area (Å²) < 4.78 is 16.1. The van der Waals surface area contributed by atoms with E-state index in [2.05, 4.69) is 31.2 Å². The van der Waals surface area contributed by atoms with Gasteiger partial charge in [0.1, 0.15) is 5.82 Å². The number of aromatic nitrogens is 2. The third-order valence-corrected chi connectivity index (χ3v) is 5.28. The summed E-state index contributed by atoms with van der Waals surface area (Å²) in [6.07, 6.45) is 0. The second-order valence-electron chi connectivity index (χ2n) is 4.39. The third-order valence-electron chi connectivity index (χ3n) is 2.91. The maximum Gasteiger partial charge on any atom is 0.190 e. The Hall–Kier alpha value is -1.57. The van der Waals surface area contributed by atoms with Gasteiger partial charge in [-0.2, -0.15) is 0 Å². The van der Waals surface area contributed by atoms with Crippen molar-refractivity contribution in [3.63, 3.8) is 0 Å². The van der Waals surface area contributed by atoms with Gasteiger partial charge in [-0.25, -0.2) is 14.4 Å². The number of hydrogen-bond acceptors (Lipinski definition) is 5. The molecule has 0 unspecified atom stereocenters. The summed E-state index contributed by atoms with van der Waals surface area (Å²) in [6, 6.07) is 10.6. The summed E-state index contributed by atoms with van der Waals surface area (Å²) >= 11 is 6.43. The molecule has 3 nitrogen and oxygen atoms in total. The van der Waals surface area contributed by atoms with Crippen LogP contribution in [0.3, 0.4) is 0 Å². The highest BCUT2D eigenvalue weighted by molar-refractivity contribution is 9.10. The minimum Gasteiger partial charge on any atom is -0.307 e. The fraction of sp³-hybridized carbons (Fsp3) is 0. The van der Waals surface area contributed by atoms with Crippen LogP contribution in [0.2, 0.25) is 0 Å². The van der Waals surface area contributed by atoms with E-state index in [-0.39, 0.29) is 5.82 Å². The number of benzene rings is 2. The molecule has 0 saturated heterocycles. The van der Waals surface area contributed by atoms with Gasteiger partial charge in [-0.05, 0) is 36.4 Å². The van der Waals surface area contributed by atoms with Crippen LogP contribution in [-0.4, -0.2) is 9.97 Å². The van der Waals surface area contributed by atoms with Crippen molar-refractivity contribution in [2.45, 2.75) is 0 Å². The topological polar surface area (TPSA) is 37.8 Å². The second kappa shape index (κ2) is 5.01. The van der Waals surface area contributed by atoms with Crippen LogP contribution in [0.1, 0.15) is 0 Å². The van der Waals surface area contributed by atoms with Crippen molar-refractivity contribution in [1.29, 1.82) is 0 Å². The predicted octanol–water partition coefficient (Wildman–Crippen LogP) is 5.55. The van der Waals surface area contributed by atoms with Gasteiger partial charge in [0.15, 0.2) is 10.3 Å². The van der Waals surface area contributed by atoms with Crippen LogP contribution in [0.15, 0.2) is 40.9 Å². The number of nitrogens with one attached hydrogen (secondary N) is 1. The lowest BCUT2D eigenvalue weighted by atomic mass is 10.3. The highest BCUT2D eigenvalue weighted by Crippen LogP contribution is 2.33. The zero-order valence-corrected chi connectivity index (χ0v) is 13.6. The van der Waals surface area contributed by atoms with E-state index < -0.39 is 0 Å². The van der Waals surface area contributed by atoms with Gasteiger partial charge in [-0.3, -0.25) is 0 Å². The average Bonchev–Trinajstić information content (AvgIpc) is 3.00. The smallest absolute Gasteiger partial charge is 0.190 e. The number of nitrogens with zero attached hydrogens (tertiary/aromatic N) is 2. The molecule has 2 aromatic heterocycles. The molecule has 104 valence electrons. The quantitative estimate of drug-likeness (QED) is 0.495. The molecule has 0 aliphatic rings. The van der Waals surface area contributed by atoms with E-state index in [9.17, 15) is 4.39 Å². The Balaban J connectivity index is 1.71. The summed E-state index contributed by atoms with van der Waals surface area (Å²) in [4.78, 5) is 8.95. The van der Waals surface area contributed by atoms with E-state index in [1.165, 1.54) is 23.5 Å². The van der Waals surface area contributed by atoms with Crippen molar-refractivity contribution in [3.8, 4) is 0 Å². The molecule has 0 aliphatic heterocycles. The van der Waals surface area contributed by atoms with Crippen LogP contribution in [0.4, 0.5) is 14.7 Å². The number of thiazole rings is 2. The fourth-order valence-electron chi connectivity index (χ4n) is 2.00. The van der Waals surface area contributed by atoms with Crippen molar-refractivity contribution in [1.82, 2.24) is 9.97 Å². The summed E-state index contributed by atoms with van der Waals surface area (Å²) in [5, 5.41) is 4.70. The molecular weight excluding hydrogens is 373 g/mol. The molecule has 0 spiro atoms. The standard InChI is InChI=1S/C14H7BrFN3S2/c15-7-1-3-9-11(5-7)20-13(17-9)19-14-18-10-4-2-8(16)6-12(10)21-14/h1-6H,(H,17,18,19). The lowest BCUT2D eigenvalue weighted by molar-refractivity contribution is 0.630. The molecule has 2 heterocycles. The number of rotatable bonds is 2. The average molecular weight is 380 g/mol. The fourth-order valence-corrected chi connectivity index (χ4v) is 4.37. The van der Waals surface area contributed by atoms with E-state index in [0.29, 0.717) is 5.13 Å². The Morgan fingerprint density at radius 1 is 0.905 bits per heavy atom. The normalized spacial score (nSPS) is 11.3. The lowest BCUT2D eigenvalue weighted by Crippen LogP contribution is -1.87. The highest BCUT2D eigenvalue weighted by Gasteiger charge is 2.08. The molecule has 2 aromatic carbocycles. The van der Waals surface area contributed by atoms with Gasteiger partial charge < -0.3 is 5.32 Å². The Kier molecular flexibility index (Phi) is 3.13. The second-order valence-corrected chi connectivity index (χ2v) is 7.36. The number of anilines is 2. The first-order valence-corrected chi connectivity index (χ1v) is 8.49. The van der Waals surface area contributed by atoms with Crippen LogP contribution < -0.4 is 5.32 Å². The SMILES string of the molecule is Fc1ccc2nc(Nc3nc4ccc(Br)cc4s3)sc2c1. The highest BCUT2D eigenvalue weighted by atomic mass is 79.9. The van der Waals surface area contributed by atoms with Crippen molar-refractivity contribution in [3.05, 3.63) is 46.7 Å². The zero-order valence-electron chi connectivity index (χ0n) is 10.4. The first kappa shape index (κ1) is 13.1. The number of fused-ring (bicyclic) bond motifs is 2. The maximum atomic E-state index is 13.2. The molecule has 4 aromatic rings. The summed E-state index contributed by atoms with van der Waals surface area (Å²) in [6.45, 7) is 0. The third kappa shape index (κ3) is 2.52. The van der Waals surface area contributed by atoms with Gasteiger partial charge in [-0.1, -0.05) is 38.6 Å². The Labute approximate surface area is 135 Å². The van der Waals surface area contributed by atoms with Crippen LogP contribution in [0.5, 0.6) is 0 Å². The minimum absolute atomic E-state index is 0.248. The Bertz CT molecular complexity index is 885. The molecular formula is C14H7BrFN3S2. The van der Waals surface area contributed by atoms with Crippen LogP contribution in [0.25, 0.3) is 20.4 Å². The Morgan fingerprint density at radius 2 is 1.52 bits per heavy atom. The first-order chi connectivity index (χ1) is 10.2. The van der Waals surface area contributed by atoms with Crippen molar-refractivity contribution < 1.29 is 4.39 Å². The molecule has 0 saturated carbocycles. The van der Waals surface area contributed by atoms with Crippen LogP contribution >= 0.6 is 38.6 Å². The minimum atomic E-state index is -0.248. The molecule has 0 aliphatic carbocycles. The molecule has 0 amide bonds. The number of hydrogen-bond donors (Lipinski definition) is 1. The summed E-state index contributed by atoms with van der Waals surface area (Å²) in [5.74, 6) is -0.248. The summed E-state index contributed by atoms with van der Waals surface area (Å²) in [5.41, 5.74) is 1.73. The molecule has 0 atom stereocenters. The molecule has 7 heteroatoms. The monoisotopic (exact) mass is 379 g/mol. The van der Waals surface area contributed by atoms with Crippen LogP contribution in [0, 0.1) is 5.82 Å². The summed E-state index contributed by atoms with van der Waals surface area (Å²) in [7, 11) is 0. The van der Waals surface area contributed by atoms with Crippen molar-refractivity contribution in [2.24, 2.45) is 0 Å². The van der Waals surface area contributed by atoms with E-state index in [4.69, 9.17) is 0 Å². The van der Waals surface area contributed by atoms with Gasteiger partial charge in [0.05, 0.1) is 20.4 Å². The van der Waals surface area contributed by atoms with Gasteiger partial charge >= 0.3 is 0 Å². The van der Waals surface area contributed by atoms with E-state index in [1.54, 1.807) is 17.4 Å². The van der Waals surface area contributed by atoms with E-state index >= 15 is 0 Å². The zero-order chi connectivity index (χ0) is 14.4.